The molecule has 7 heteroatoms. The van der Waals surface area contributed by atoms with E-state index in [4.69, 9.17) is 11.6 Å². The number of hydrogen-bond acceptors (Lipinski definition) is 3. The number of amides is 3. The number of benzene rings is 2. The van der Waals surface area contributed by atoms with Crippen molar-refractivity contribution in [1.82, 2.24) is 4.90 Å². The van der Waals surface area contributed by atoms with Crippen LogP contribution in [0, 0.1) is 5.92 Å². The van der Waals surface area contributed by atoms with E-state index in [0.29, 0.717) is 22.0 Å². The zero-order chi connectivity index (χ0) is 19.6. The molecular formula is C20H20ClN3O3. The molecule has 0 aliphatic carbocycles. The zero-order valence-corrected chi connectivity index (χ0v) is 15.9. The number of para-hydroxylation sites is 1. The Bertz CT molecular complexity index is 880. The summed E-state index contributed by atoms with van der Waals surface area (Å²) >= 11 is 6.16. The fourth-order valence-corrected chi connectivity index (χ4v) is 3.22. The van der Waals surface area contributed by atoms with E-state index in [1.54, 1.807) is 67.5 Å². The van der Waals surface area contributed by atoms with Gasteiger partial charge in [-0.2, -0.15) is 0 Å². The van der Waals surface area contributed by atoms with Gasteiger partial charge in [0, 0.05) is 38.3 Å². The van der Waals surface area contributed by atoms with Crippen LogP contribution in [-0.2, 0) is 9.59 Å². The normalized spacial score (nSPS) is 16.3. The molecule has 140 valence electrons. The molecule has 0 saturated carbocycles. The molecule has 1 saturated heterocycles. The summed E-state index contributed by atoms with van der Waals surface area (Å²) in [7, 11) is 3.36. The van der Waals surface area contributed by atoms with Crippen LogP contribution in [0.5, 0.6) is 0 Å². The molecule has 6 nitrogen and oxygen atoms in total. The lowest BCUT2D eigenvalue weighted by molar-refractivity contribution is -0.122. The highest BCUT2D eigenvalue weighted by Gasteiger charge is 2.35. The minimum Gasteiger partial charge on any atom is -0.345 e. The minimum atomic E-state index is -0.461. The van der Waals surface area contributed by atoms with Gasteiger partial charge in [0.1, 0.15) is 0 Å². The van der Waals surface area contributed by atoms with E-state index in [1.165, 1.54) is 4.90 Å². The van der Waals surface area contributed by atoms with Gasteiger partial charge in [-0.15, -0.1) is 0 Å². The maximum atomic E-state index is 12.6. The van der Waals surface area contributed by atoms with Crippen molar-refractivity contribution in [3.05, 3.63) is 59.1 Å². The number of halogens is 1. The Morgan fingerprint density at radius 3 is 2.41 bits per heavy atom. The molecule has 2 aromatic carbocycles. The first-order valence-corrected chi connectivity index (χ1v) is 8.92. The lowest BCUT2D eigenvalue weighted by Crippen LogP contribution is -2.28. The van der Waals surface area contributed by atoms with Gasteiger partial charge in [0.15, 0.2) is 0 Å². The fraction of sp³-hybridized carbons (Fsp3) is 0.250. The number of rotatable bonds is 4. The summed E-state index contributed by atoms with van der Waals surface area (Å²) < 4.78 is 0. The Kier molecular flexibility index (Phi) is 5.46. The molecule has 1 aliphatic rings. The van der Waals surface area contributed by atoms with Crippen LogP contribution in [-0.4, -0.2) is 43.3 Å². The van der Waals surface area contributed by atoms with Crippen LogP contribution in [0.2, 0.25) is 5.02 Å². The van der Waals surface area contributed by atoms with E-state index in [9.17, 15) is 14.4 Å². The maximum Gasteiger partial charge on any atom is 0.253 e. The van der Waals surface area contributed by atoms with Crippen LogP contribution in [0.25, 0.3) is 0 Å². The van der Waals surface area contributed by atoms with E-state index < -0.39 is 5.92 Å². The molecule has 0 aromatic heterocycles. The second-order valence-electron chi connectivity index (χ2n) is 6.62. The average molecular weight is 386 g/mol. The van der Waals surface area contributed by atoms with Gasteiger partial charge in [0.05, 0.1) is 16.6 Å². The van der Waals surface area contributed by atoms with Crippen molar-refractivity contribution >= 4 is 40.7 Å². The summed E-state index contributed by atoms with van der Waals surface area (Å²) in [5, 5.41) is 3.29. The van der Waals surface area contributed by atoms with Gasteiger partial charge >= 0.3 is 0 Å². The first kappa shape index (κ1) is 18.9. The molecule has 1 aliphatic heterocycles. The molecule has 1 N–H and O–H groups in total. The predicted octanol–water partition coefficient (Wildman–Crippen LogP) is 3.03. The van der Waals surface area contributed by atoms with Crippen molar-refractivity contribution in [2.75, 3.05) is 30.9 Å². The summed E-state index contributed by atoms with van der Waals surface area (Å²) in [4.78, 5) is 39.8. The number of anilines is 2. The number of nitrogens with zero attached hydrogens (tertiary/aromatic N) is 2. The molecule has 0 bridgehead atoms. The molecular weight excluding hydrogens is 366 g/mol. The van der Waals surface area contributed by atoms with Crippen LogP contribution in [0.15, 0.2) is 48.5 Å². The van der Waals surface area contributed by atoms with Gasteiger partial charge in [-0.3, -0.25) is 14.4 Å². The van der Waals surface area contributed by atoms with E-state index in [-0.39, 0.29) is 30.7 Å². The third kappa shape index (κ3) is 4.11. The smallest absolute Gasteiger partial charge is 0.253 e. The van der Waals surface area contributed by atoms with Crippen LogP contribution in [0.3, 0.4) is 0 Å². The van der Waals surface area contributed by atoms with Crippen molar-refractivity contribution in [3.8, 4) is 0 Å². The van der Waals surface area contributed by atoms with Gasteiger partial charge in [-0.05, 0) is 36.4 Å². The Labute approximate surface area is 162 Å². The maximum absolute atomic E-state index is 12.6. The van der Waals surface area contributed by atoms with Crippen LogP contribution in [0.4, 0.5) is 11.4 Å². The van der Waals surface area contributed by atoms with E-state index in [2.05, 4.69) is 5.32 Å². The first-order chi connectivity index (χ1) is 12.9. The molecule has 1 unspecified atom stereocenters. The Balaban J connectivity index is 1.66. The van der Waals surface area contributed by atoms with E-state index in [0.717, 1.165) is 0 Å². The standard InChI is InChI=1S/C20H20ClN3O3/c1-23(2)20(27)13-7-9-15(10-8-13)22-19(26)14-11-18(25)24(12-14)17-6-4-3-5-16(17)21/h3-10,14H,11-12H2,1-2H3,(H,22,26). The van der Waals surface area contributed by atoms with Crippen LogP contribution in [0.1, 0.15) is 16.8 Å². The molecule has 2 aromatic rings. The van der Waals surface area contributed by atoms with Crippen LogP contribution >= 0.6 is 11.6 Å². The third-order valence-corrected chi connectivity index (χ3v) is 4.76. The van der Waals surface area contributed by atoms with Gasteiger partial charge in [-0.1, -0.05) is 23.7 Å². The van der Waals surface area contributed by atoms with E-state index >= 15 is 0 Å². The highest BCUT2D eigenvalue weighted by Crippen LogP contribution is 2.31. The molecule has 27 heavy (non-hydrogen) atoms. The summed E-state index contributed by atoms with van der Waals surface area (Å²) in [6.45, 7) is 0.283. The summed E-state index contributed by atoms with van der Waals surface area (Å²) in [6, 6.07) is 13.8. The Morgan fingerprint density at radius 2 is 1.78 bits per heavy atom. The van der Waals surface area contributed by atoms with Crippen LogP contribution < -0.4 is 10.2 Å². The number of carbonyl (C=O) groups excluding carboxylic acids is 3. The second-order valence-corrected chi connectivity index (χ2v) is 7.03. The molecule has 1 heterocycles. The van der Waals surface area contributed by atoms with Crippen molar-refractivity contribution in [2.45, 2.75) is 6.42 Å². The largest absolute Gasteiger partial charge is 0.345 e. The highest BCUT2D eigenvalue weighted by atomic mass is 35.5. The van der Waals surface area contributed by atoms with Crippen molar-refractivity contribution in [3.63, 3.8) is 0 Å². The fourth-order valence-electron chi connectivity index (χ4n) is 2.99. The summed E-state index contributed by atoms with van der Waals surface area (Å²) in [5.41, 5.74) is 1.74. The Hall–Kier alpha value is -2.86. The van der Waals surface area contributed by atoms with Gasteiger partial charge in [0.25, 0.3) is 5.91 Å². The first-order valence-electron chi connectivity index (χ1n) is 8.54. The number of carbonyl (C=O) groups is 3. The zero-order valence-electron chi connectivity index (χ0n) is 15.1. The third-order valence-electron chi connectivity index (χ3n) is 4.44. The lowest BCUT2D eigenvalue weighted by Gasteiger charge is -2.18. The minimum absolute atomic E-state index is 0.107. The SMILES string of the molecule is CN(C)C(=O)c1ccc(NC(=O)C2CC(=O)N(c3ccccc3Cl)C2)cc1. The monoisotopic (exact) mass is 385 g/mol. The molecule has 3 rings (SSSR count). The topological polar surface area (TPSA) is 69.7 Å². The lowest BCUT2D eigenvalue weighted by atomic mass is 10.1. The molecule has 0 radical (unpaired) electrons. The highest BCUT2D eigenvalue weighted by molar-refractivity contribution is 6.33. The predicted molar refractivity (Wildman–Crippen MR) is 105 cm³/mol. The van der Waals surface area contributed by atoms with Gasteiger partial charge in [0.2, 0.25) is 11.8 Å². The Morgan fingerprint density at radius 1 is 1.11 bits per heavy atom. The molecule has 1 atom stereocenters. The van der Waals surface area contributed by atoms with Gasteiger partial charge in [-0.25, -0.2) is 0 Å². The van der Waals surface area contributed by atoms with E-state index in [1.807, 2.05) is 0 Å². The number of nitrogens with one attached hydrogen (secondary N) is 1. The van der Waals surface area contributed by atoms with Crippen molar-refractivity contribution in [1.29, 1.82) is 0 Å². The molecule has 1 fully saturated rings. The van der Waals surface area contributed by atoms with Crippen molar-refractivity contribution < 1.29 is 14.4 Å². The summed E-state index contributed by atoms with van der Waals surface area (Å²) in [5.74, 6) is -0.929. The summed E-state index contributed by atoms with van der Waals surface area (Å²) in [6.07, 6.45) is 0.133. The average Bonchev–Trinajstić information content (AvgIpc) is 3.04. The quantitative estimate of drug-likeness (QED) is 0.879. The van der Waals surface area contributed by atoms with Gasteiger partial charge < -0.3 is 15.1 Å². The molecule has 0 spiro atoms. The van der Waals surface area contributed by atoms with Crippen molar-refractivity contribution in [2.24, 2.45) is 5.92 Å². The molecule has 3 amide bonds. The number of hydrogen-bond donors (Lipinski definition) is 1. The second kappa shape index (κ2) is 7.80.